The first kappa shape index (κ1) is 14.1. The van der Waals surface area contributed by atoms with Crippen LogP contribution in [0.4, 0.5) is 0 Å². The number of halogens is 1. The summed E-state index contributed by atoms with van der Waals surface area (Å²) < 4.78 is 5.53. The second-order valence-corrected chi connectivity index (χ2v) is 5.60. The molecule has 1 aromatic rings. The average Bonchev–Trinajstić information content (AvgIpc) is 2.83. The van der Waals surface area contributed by atoms with E-state index in [-0.39, 0.29) is 17.7 Å². The van der Waals surface area contributed by atoms with E-state index in [1.165, 1.54) is 6.26 Å². The summed E-state index contributed by atoms with van der Waals surface area (Å²) in [5.41, 5.74) is 0.531. The lowest BCUT2D eigenvalue weighted by atomic mass is 10.1. The summed E-state index contributed by atoms with van der Waals surface area (Å²) in [6.45, 7) is 6.10. The fraction of sp³-hybridized carbons (Fsp3) is 0.538. The molecule has 1 aliphatic rings. The number of amides is 2. The molecule has 0 bridgehead atoms. The van der Waals surface area contributed by atoms with Gasteiger partial charge >= 0.3 is 0 Å². The van der Waals surface area contributed by atoms with Crippen molar-refractivity contribution in [3.63, 3.8) is 0 Å². The van der Waals surface area contributed by atoms with Gasteiger partial charge in [-0.3, -0.25) is 9.59 Å². The van der Waals surface area contributed by atoms with Crippen LogP contribution >= 0.6 is 15.9 Å². The zero-order valence-electron chi connectivity index (χ0n) is 11.1. The molecule has 0 N–H and O–H groups in total. The van der Waals surface area contributed by atoms with E-state index in [1.54, 1.807) is 11.0 Å². The first-order chi connectivity index (χ1) is 9.00. The Hall–Kier alpha value is -1.30. The number of furan rings is 1. The van der Waals surface area contributed by atoms with Crippen molar-refractivity contribution < 1.29 is 14.0 Å². The van der Waals surface area contributed by atoms with Gasteiger partial charge in [-0.05, 0) is 22.0 Å². The number of nitrogens with zero attached hydrogens (tertiary/aromatic N) is 2. The van der Waals surface area contributed by atoms with E-state index in [9.17, 15) is 9.59 Å². The predicted molar refractivity (Wildman–Crippen MR) is 73.7 cm³/mol. The van der Waals surface area contributed by atoms with Gasteiger partial charge in [0.25, 0.3) is 5.91 Å². The van der Waals surface area contributed by atoms with Gasteiger partial charge in [0.15, 0.2) is 4.67 Å². The maximum absolute atomic E-state index is 12.2. The molecule has 104 valence electrons. The monoisotopic (exact) mass is 328 g/mol. The van der Waals surface area contributed by atoms with Gasteiger partial charge in [-0.1, -0.05) is 13.8 Å². The van der Waals surface area contributed by atoms with Gasteiger partial charge in [0.1, 0.15) is 0 Å². The molecule has 0 atom stereocenters. The van der Waals surface area contributed by atoms with E-state index in [0.29, 0.717) is 36.4 Å². The summed E-state index contributed by atoms with van der Waals surface area (Å²) in [6, 6.07) is 1.65. The molecule has 1 aliphatic heterocycles. The lowest BCUT2D eigenvalue weighted by Gasteiger charge is -2.35. The summed E-state index contributed by atoms with van der Waals surface area (Å²) in [6.07, 6.45) is 1.48. The summed E-state index contributed by atoms with van der Waals surface area (Å²) in [5, 5.41) is 0. The quantitative estimate of drug-likeness (QED) is 0.834. The van der Waals surface area contributed by atoms with Gasteiger partial charge in [-0.25, -0.2) is 0 Å². The van der Waals surface area contributed by atoms with Crippen LogP contribution in [0.25, 0.3) is 0 Å². The van der Waals surface area contributed by atoms with Crippen LogP contribution in [0.15, 0.2) is 21.4 Å². The van der Waals surface area contributed by atoms with Crippen LogP contribution in [0.2, 0.25) is 0 Å². The Balaban J connectivity index is 1.95. The average molecular weight is 329 g/mol. The van der Waals surface area contributed by atoms with Crippen LogP contribution < -0.4 is 0 Å². The van der Waals surface area contributed by atoms with Crippen molar-refractivity contribution in [2.75, 3.05) is 26.2 Å². The highest BCUT2D eigenvalue weighted by atomic mass is 79.9. The third kappa shape index (κ3) is 3.00. The van der Waals surface area contributed by atoms with Crippen LogP contribution in [0.3, 0.4) is 0 Å². The topological polar surface area (TPSA) is 53.8 Å². The lowest BCUT2D eigenvalue weighted by Crippen LogP contribution is -2.51. The van der Waals surface area contributed by atoms with Crippen LogP contribution in [-0.4, -0.2) is 47.8 Å². The third-order valence-corrected chi connectivity index (χ3v) is 3.83. The van der Waals surface area contributed by atoms with Gasteiger partial charge in [-0.15, -0.1) is 0 Å². The van der Waals surface area contributed by atoms with Crippen molar-refractivity contribution in [1.29, 1.82) is 0 Å². The molecule has 1 fully saturated rings. The third-order valence-electron chi connectivity index (χ3n) is 3.22. The Kier molecular flexibility index (Phi) is 4.29. The Morgan fingerprint density at radius 3 is 2.26 bits per heavy atom. The zero-order valence-corrected chi connectivity index (χ0v) is 12.6. The zero-order chi connectivity index (χ0) is 14.0. The highest BCUT2D eigenvalue weighted by Crippen LogP contribution is 2.20. The predicted octanol–water partition coefficient (Wildman–Crippen LogP) is 1.98. The molecule has 19 heavy (non-hydrogen) atoms. The van der Waals surface area contributed by atoms with Crippen molar-refractivity contribution in [2.24, 2.45) is 5.92 Å². The molecule has 2 rings (SSSR count). The maximum atomic E-state index is 12.2. The van der Waals surface area contributed by atoms with E-state index in [2.05, 4.69) is 15.9 Å². The molecular weight excluding hydrogens is 312 g/mol. The van der Waals surface area contributed by atoms with Crippen molar-refractivity contribution in [1.82, 2.24) is 9.80 Å². The second kappa shape index (κ2) is 5.77. The minimum absolute atomic E-state index is 0.00488. The molecule has 0 spiro atoms. The van der Waals surface area contributed by atoms with Crippen LogP contribution in [-0.2, 0) is 4.79 Å². The first-order valence-corrected chi connectivity index (χ1v) is 7.11. The largest absolute Gasteiger partial charge is 0.457 e. The SMILES string of the molecule is CC(C)C(=O)N1CCN(C(=O)c2ccoc2Br)CC1. The smallest absolute Gasteiger partial charge is 0.258 e. The number of hydrogen-bond donors (Lipinski definition) is 0. The van der Waals surface area contributed by atoms with E-state index in [1.807, 2.05) is 18.7 Å². The van der Waals surface area contributed by atoms with E-state index in [0.717, 1.165) is 0 Å². The summed E-state index contributed by atoms with van der Waals surface area (Å²) in [5.74, 6) is 0.0964. The molecule has 0 unspecified atom stereocenters. The van der Waals surface area contributed by atoms with Crippen molar-refractivity contribution in [2.45, 2.75) is 13.8 Å². The molecule has 0 aliphatic carbocycles. The normalized spacial score (nSPS) is 16.0. The number of carbonyl (C=O) groups excluding carboxylic acids is 2. The van der Waals surface area contributed by atoms with Gasteiger partial charge in [0, 0.05) is 32.1 Å². The molecule has 2 amide bonds. The lowest BCUT2D eigenvalue weighted by molar-refractivity contribution is -0.135. The highest BCUT2D eigenvalue weighted by molar-refractivity contribution is 9.10. The second-order valence-electron chi connectivity index (χ2n) is 4.88. The Morgan fingerprint density at radius 2 is 1.79 bits per heavy atom. The van der Waals surface area contributed by atoms with E-state index < -0.39 is 0 Å². The molecule has 5 nitrogen and oxygen atoms in total. The molecule has 0 aromatic carbocycles. The molecule has 0 saturated carbocycles. The summed E-state index contributed by atoms with van der Waals surface area (Å²) >= 11 is 3.21. The molecule has 6 heteroatoms. The number of piperazine rings is 1. The summed E-state index contributed by atoms with van der Waals surface area (Å²) in [4.78, 5) is 27.6. The van der Waals surface area contributed by atoms with Crippen molar-refractivity contribution >= 4 is 27.7 Å². The molecule has 1 aromatic heterocycles. The Morgan fingerprint density at radius 1 is 1.21 bits per heavy atom. The minimum Gasteiger partial charge on any atom is -0.457 e. The molecule has 2 heterocycles. The van der Waals surface area contributed by atoms with E-state index >= 15 is 0 Å². The molecular formula is C13H17BrN2O3. The fourth-order valence-electron chi connectivity index (χ4n) is 2.11. The van der Waals surface area contributed by atoms with Crippen LogP contribution in [0, 0.1) is 5.92 Å². The van der Waals surface area contributed by atoms with Crippen molar-refractivity contribution in [3.05, 3.63) is 22.6 Å². The maximum Gasteiger partial charge on any atom is 0.258 e. The van der Waals surface area contributed by atoms with Gasteiger partial charge < -0.3 is 14.2 Å². The van der Waals surface area contributed by atoms with E-state index in [4.69, 9.17) is 4.42 Å². The van der Waals surface area contributed by atoms with Crippen LogP contribution in [0.5, 0.6) is 0 Å². The first-order valence-electron chi connectivity index (χ1n) is 6.31. The fourth-order valence-corrected chi connectivity index (χ4v) is 2.52. The summed E-state index contributed by atoms with van der Waals surface area (Å²) in [7, 11) is 0. The van der Waals surface area contributed by atoms with Gasteiger partial charge in [0.2, 0.25) is 5.91 Å². The molecule has 1 saturated heterocycles. The number of carbonyl (C=O) groups is 2. The number of hydrogen-bond acceptors (Lipinski definition) is 3. The Labute approximate surface area is 120 Å². The highest BCUT2D eigenvalue weighted by Gasteiger charge is 2.27. The number of rotatable bonds is 2. The minimum atomic E-state index is -0.0581. The van der Waals surface area contributed by atoms with Crippen LogP contribution in [0.1, 0.15) is 24.2 Å². The molecule has 0 radical (unpaired) electrons. The van der Waals surface area contributed by atoms with Gasteiger partial charge in [0.05, 0.1) is 11.8 Å². The van der Waals surface area contributed by atoms with Gasteiger partial charge in [-0.2, -0.15) is 0 Å². The van der Waals surface area contributed by atoms with Crippen molar-refractivity contribution in [3.8, 4) is 0 Å². The standard InChI is InChI=1S/C13H17BrN2O3/c1-9(2)12(17)15-4-6-16(7-5-15)13(18)10-3-8-19-11(10)14/h3,8-9H,4-7H2,1-2H3. The Bertz CT molecular complexity index is 476.